The number of imidazole rings is 1. The maximum absolute atomic E-state index is 13.6. The van der Waals surface area contributed by atoms with E-state index in [1.807, 2.05) is 13.0 Å². The number of hydrogen-bond acceptors (Lipinski definition) is 1. The minimum Gasteiger partial charge on any atom is -0.349 e. The van der Waals surface area contributed by atoms with Gasteiger partial charge < -0.3 is 4.98 Å². The minimum atomic E-state index is -0.181. The number of H-pyrrole nitrogens is 1. The Morgan fingerprint density at radius 3 is 3.00 bits per heavy atom. The maximum Gasteiger partial charge on any atom is 0.127 e. The van der Waals surface area contributed by atoms with E-state index in [-0.39, 0.29) is 10.6 Å². The first-order valence-corrected chi connectivity index (χ1v) is 5.97. The van der Waals surface area contributed by atoms with Crippen molar-refractivity contribution in [2.75, 3.05) is 0 Å². The van der Waals surface area contributed by atoms with Crippen molar-refractivity contribution in [3.8, 4) is 0 Å². The van der Waals surface area contributed by atoms with Crippen LogP contribution in [-0.4, -0.2) is 9.97 Å². The van der Waals surface area contributed by atoms with Gasteiger partial charge >= 0.3 is 0 Å². The molecule has 2 nitrogen and oxygen atoms in total. The lowest BCUT2D eigenvalue weighted by molar-refractivity contribution is 0.606. The lowest BCUT2D eigenvalue weighted by Crippen LogP contribution is -2.00. The van der Waals surface area contributed by atoms with Gasteiger partial charge in [-0.15, -0.1) is 0 Å². The summed E-state index contributed by atoms with van der Waals surface area (Å²) in [4.78, 5) is 7.08. The highest BCUT2D eigenvalue weighted by atomic mass is 79.9. The minimum absolute atomic E-state index is 0.0569. The van der Waals surface area contributed by atoms with Crippen LogP contribution in [0.2, 0.25) is 0 Å². The van der Waals surface area contributed by atoms with Gasteiger partial charge in [0.25, 0.3) is 0 Å². The van der Waals surface area contributed by atoms with Crippen LogP contribution in [0.4, 0.5) is 4.39 Å². The number of hydrogen-bond donors (Lipinski definition) is 1. The molecule has 0 saturated heterocycles. The zero-order valence-electron chi connectivity index (χ0n) is 8.87. The average molecular weight is 283 g/mol. The Balaban J connectivity index is 2.20. The zero-order valence-corrected chi connectivity index (χ0v) is 10.5. The van der Waals surface area contributed by atoms with Gasteiger partial charge in [0, 0.05) is 29.2 Å². The molecule has 1 N–H and O–H groups in total. The van der Waals surface area contributed by atoms with E-state index in [2.05, 4.69) is 25.9 Å². The molecule has 1 unspecified atom stereocenters. The van der Waals surface area contributed by atoms with Crippen molar-refractivity contribution >= 4 is 15.9 Å². The summed E-state index contributed by atoms with van der Waals surface area (Å²) in [6, 6.07) is 5.13. The van der Waals surface area contributed by atoms with Crippen molar-refractivity contribution in [2.45, 2.75) is 18.2 Å². The molecule has 0 amide bonds. The smallest absolute Gasteiger partial charge is 0.127 e. The molecule has 2 aromatic rings. The van der Waals surface area contributed by atoms with Crippen LogP contribution in [0.15, 0.2) is 30.6 Å². The number of benzene rings is 1. The number of rotatable bonds is 3. The fourth-order valence-corrected chi connectivity index (χ4v) is 2.25. The van der Waals surface area contributed by atoms with E-state index in [4.69, 9.17) is 0 Å². The largest absolute Gasteiger partial charge is 0.349 e. The first-order valence-electron chi connectivity index (χ1n) is 5.05. The van der Waals surface area contributed by atoms with E-state index in [1.165, 1.54) is 6.07 Å². The summed E-state index contributed by atoms with van der Waals surface area (Å²) >= 11 is 3.49. The molecule has 0 radical (unpaired) electrons. The molecule has 0 saturated carbocycles. The van der Waals surface area contributed by atoms with Crippen molar-refractivity contribution in [1.29, 1.82) is 0 Å². The summed E-state index contributed by atoms with van der Waals surface area (Å²) in [7, 11) is 0. The predicted octanol–water partition coefficient (Wildman–Crippen LogP) is 3.54. The molecule has 0 aliphatic rings. The molecule has 1 aromatic heterocycles. The number of halogens is 2. The zero-order chi connectivity index (χ0) is 11.5. The number of nitrogens with one attached hydrogen (secondary N) is 1. The molecule has 1 aromatic carbocycles. The van der Waals surface area contributed by atoms with Gasteiger partial charge in [-0.3, -0.25) is 0 Å². The third kappa shape index (κ3) is 2.50. The molecule has 4 heteroatoms. The normalized spacial score (nSPS) is 12.7. The Kier molecular flexibility index (Phi) is 3.39. The van der Waals surface area contributed by atoms with Gasteiger partial charge in [-0.2, -0.15) is 0 Å². The second-order valence-corrected chi connectivity index (χ2v) is 4.84. The Morgan fingerprint density at radius 1 is 1.50 bits per heavy atom. The van der Waals surface area contributed by atoms with Gasteiger partial charge in [0.15, 0.2) is 0 Å². The van der Waals surface area contributed by atoms with Crippen LogP contribution in [0.5, 0.6) is 0 Å². The Hall–Kier alpha value is -1.16. The molecule has 1 atom stereocenters. The lowest BCUT2D eigenvalue weighted by Gasteiger charge is -2.10. The molecule has 0 spiro atoms. The molecule has 1 heterocycles. The molecule has 84 valence electrons. The summed E-state index contributed by atoms with van der Waals surface area (Å²) in [6.07, 6.45) is 4.11. The number of aromatic amines is 1. The molecule has 0 aliphatic carbocycles. The first kappa shape index (κ1) is 11.3. The summed E-state index contributed by atoms with van der Waals surface area (Å²) in [6.45, 7) is 1.95. The van der Waals surface area contributed by atoms with E-state index in [9.17, 15) is 4.39 Å². The van der Waals surface area contributed by atoms with E-state index < -0.39 is 0 Å². The first-order chi connectivity index (χ1) is 7.66. The van der Waals surface area contributed by atoms with Crippen LogP contribution in [0.1, 0.15) is 21.8 Å². The van der Waals surface area contributed by atoms with Gasteiger partial charge in [-0.05, 0) is 13.0 Å². The van der Waals surface area contributed by atoms with E-state index in [0.717, 1.165) is 11.4 Å². The number of nitrogens with zero attached hydrogens (tertiary/aromatic N) is 1. The molecule has 0 bridgehead atoms. The second-order valence-electron chi connectivity index (χ2n) is 3.73. The number of aryl methyl sites for hydroxylation is 1. The summed E-state index contributed by atoms with van der Waals surface area (Å²) in [5.74, 6) is 0.668. The predicted molar refractivity (Wildman–Crippen MR) is 65.1 cm³/mol. The highest BCUT2D eigenvalue weighted by Gasteiger charge is 2.14. The van der Waals surface area contributed by atoms with Crippen LogP contribution in [0.3, 0.4) is 0 Å². The third-order valence-corrected chi connectivity index (χ3v) is 3.23. The van der Waals surface area contributed by atoms with E-state index >= 15 is 0 Å². The van der Waals surface area contributed by atoms with Gasteiger partial charge in [-0.25, -0.2) is 9.37 Å². The van der Waals surface area contributed by atoms with Gasteiger partial charge in [-0.1, -0.05) is 33.6 Å². The maximum atomic E-state index is 13.6. The lowest BCUT2D eigenvalue weighted by atomic mass is 10.1. The van der Waals surface area contributed by atoms with Gasteiger partial charge in [0.1, 0.15) is 11.6 Å². The monoisotopic (exact) mass is 282 g/mol. The van der Waals surface area contributed by atoms with Crippen molar-refractivity contribution in [3.05, 3.63) is 53.4 Å². The topological polar surface area (TPSA) is 28.7 Å². The van der Waals surface area contributed by atoms with Crippen LogP contribution < -0.4 is 0 Å². The molecule has 2 rings (SSSR count). The summed E-state index contributed by atoms with van der Waals surface area (Å²) in [5, 5.41) is 0. The Labute approximate surface area is 102 Å². The molecule has 0 fully saturated rings. The molecule has 0 aliphatic heterocycles. The van der Waals surface area contributed by atoms with Crippen molar-refractivity contribution in [2.24, 2.45) is 0 Å². The summed E-state index contributed by atoms with van der Waals surface area (Å²) < 4.78 is 13.6. The molecular formula is C12H12BrFN2. The van der Waals surface area contributed by atoms with Crippen LogP contribution in [0, 0.1) is 12.7 Å². The highest BCUT2D eigenvalue weighted by Crippen LogP contribution is 2.28. The molecule has 16 heavy (non-hydrogen) atoms. The Bertz CT molecular complexity index is 468. The number of aromatic nitrogens is 2. The van der Waals surface area contributed by atoms with E-state index in [0.29, 0.717) is 12.0 Å². The van der Waals surface area contributed by atoms with Crippen LogP contribution >= 0.6 is 15.9 Å². The number of alkyl halides is 1. The second kappa shape index (κ2) is 4.78. The van der Waals surface area contributed by atoms with Gasteiger partial charge in [0.2, 0.25) is 0 Å². The highest BCUT2D eigenvalue weighted by molar-refractivity contribution is 9.09. The average Bonchev–Trinajstić information content (AvgIpc) is 2.74. The van der Waals surface area contributed by atoms with Crippen molar-refractivity contribution in [1.82, 2.24) is 9.97 Å². The standard InChI is InChI=1S/C12H12BrFN2/c1-8-2-3-11(14)9(6-8)10(13)7-12-15-4-5-16-12/h2-6,10H,7H2,1H3,(H,15,16). The molecular weight excluding hydrogens is 271 g/mol. The van der Waals surface area contributed by atoms with Gasteiger partial charge in [0.05, 0.1) is 0 Å². The van der Waals surface area contributed by atoms with E-state index in [1.54, 1.807) is 18.5 Å². The van der Waals surface area contributed by atoms with Crippen LogP contribution in [0.25, 0.3) is 0 Å². The Morgan fingerprint density at radius 2 is 2.31 bits per heavy atom. The van der Waals surface area contributed by atoms with Crippen molar-refractivity contribution in [3.63, 3.8) is 0 Å². The fourth-order valence-electron chi connectivity index (χ4n) is 1.59. The van der Waals surface area contributed by atoms with Crippen molar-refractivity contribution < 1.29 is 4.39 Å². The third-order valence-electron chi connectivity index (χ3n) is 2.42. The summed E-state index contributed by atoms with van der Waals surface area (Å²) in [5.41, 5.74) is 1.73. The van der Waals surface area contributed by atoms with Crippen LogP contribution in [-0.2, 0) is 6.42 Å². The SMILES string of the molecule is Cc1ccc(F)c(C(Br)Cc2ncc[nH]2)c1. The fraction of sp³-hybridized carbons (Fsp3) is 0.250. The quantitative estimate of drug-likeness (QED) is 0.858.